The Balaban J connectivity index is 2.57. The number of carbonyl (C=O) groups excluding carboxylic acids is 1. The topological polar surface area (TPSA) is 66.8 Å². The molecule has 0 aliphatic carbocycles. The fourth-order valence-electron chi connectivity index (χ4n) is 2.67. The standard InChI is InChI=1S/C19H18I3NO4/c1-4-23(11(3)24)16-13(20)9-14(21)18(15(16)22)27-17(19(25)26)12-7-5-6-10(2)8-12/h5-9,17H,4H2,1-3H3,(H,25,26). The Morgan fingerprint density at radius 3 is 2.37 bits per heavy atom. The van der Waals surface area contributed by atoms with Gasteiger partial charge in [0.15, 0.2) is 0 Å². The summed E-state index contributed by atoms with van der Waals surface area (Å²) in [5.74, 6) is -0.666. The fraction of sp³-hybridized carbons (Fsp3) is 0.263. The lowest BCUT2D eigenvalue weighted by molar-refractivity contribution is -0.145. The van der Waals surface area contributed by atoms with E-state index in [4.69, 9.17) is 4.74 Å². The molecule has 144 valence electrons. The minimum Gasteiger partial charge on any atom is -0.478 e. The Hall–Kier alpha value is -0.630. The molecule has 0 heterocycles. The van der Waals surface area contributed by atoms with Gasteiger partial charge in [0.2, 0.25) is 12.0 Å². The molecule has 2 aromatic rings. The third-order valence-corrected chi connectivity index (χ3v) is 6.50. The number of anilines is 1. The molecule has 2 rings (SSSR count). The smallest absolute Gasteiger partial charge is 0.349 e. The lowest BCUT2D eigenvalue weighted by Crippen LogP contribution is -2.30. The van der Waals surface area contributed by atoms with E-state index in [2.05, 4.69) is 67.8 Å². The van der Waals surface area contributed by atoms with Crippen LogP contribution in [0.25, 0.3) is 0 Å². The summed E-state index contributed by atoms with van der Waals surface area (Å²) in [5.41, 5.74) is 2.28. The van der Waals surface area contributed by atoms with E-state index in [0.717, 1.165) is 22.0 Å². The monoisotopic (exact) mass is 705 g/mol. The van der Waals surface area contributed by atoms with E-state index < -0.39 is 12.1 Å². The normalized spacial score (nSPS) is 11.8. The molecule has 0 spiro atoms. The molecule has 0 saturated heterocycles. The molecule has 5 nitrogen and oxygen atoms in total. The Bertz CT molecular complexity index is 885. The van der Waals surface area contributed by atoms with Crippen molar-refractivity contribution in [3.8, 4) is 5.75 Å². The lowest BCUT2D eigenvalue weighted by atomic mass is 10.1. The van der Waals surface area contributed by atoms with Crippen molar-refractivity contribution in [2.75, 3.05) is 11.4 Å². The SMILES string of the molecule is CCN(C(C)=O)c1c(I)cc(I)c(OC(C(=O)O)c2cccc(C)c2)c1I. The van der Waals surface area contributed by atoms with Crippen LogP contribution in [-0.2, 0) is 9.59 Å². The van der Waals surface area contributed by atoms with Gasteiger partial charge in [-0.3, -0.25) is 4.79 Å². The van der Waals surface area contributed by atoms with E-state index >= 15 is 0 Å². The molecule has 2 aromatic carbocycles. The van der Waals surface area contributed by atoms with Crippen LogP contribution in [0.3, 0.4) is 0 Å². The third-order valence-electron chi connectivity index (χ3n) is 3.87. The van der Waals surface area contributed by atoms with Gasteiger partial charge >= 0.3 is 5.97 Å². The number of ether oxygens (including phenoxy) is 1. The predicted octanol–water partition coefficient (Wildman–Crippen LogP) is 5.39. The number of amides is 1. The van der Waals surface area contributed by atoms with E-state index in [-0.39, 0.29) is 5.91 Å². The van der Waals surface area contributed by atoms with Gasteiger partial charge in [-0.2, -0.15) is 0 Å². The molecule has 8 heteroatoms. The molecule has 0 aliphatic heterocycles. The Morgan fingerprint density at radius 1 is 1.19 bits per heavy atom. The Labute approximate surface area is 199 Å². The first kappa shape index (κ1) is 22.7. The summed E-state index contributed by atoms with van der Waals surface area (Å²) in [7, 11) is 0. The lowest BCUT2D eigenvalue weighted by Gasteiger charge is -2.25. The largest absolute Gasteiger partial charge is 0.478 e. The van der Waals surface area contributed by atoms with Crippen LogP contribution in [0.5, 0.6) is 5.75 Å². The van der Waals surface area contributed by atoms with Crippen LogP contribution in [0.1, 0.15) is 31.1 Å². The van der Waals surface area contributed by atoms with Crippen LogP contribution in [-0.4, -0.2) is 23.5 Å². The number of rotatable bonds is 6. The predicted molar refractivity (Wildman–Crippen MR) is 130 cm³/mol. The number of hydrogen-bond donors (Lipinski definition) is 1. The second kappa shape index (κ2) is 9.72. The van der Waals surface area contributed by atoms with E-state index in [0.29, 0.717) is 17.9 Å². The van der Waals surface area contributed by atoms with Gasteiger partial charge in [0.1, 0.15) is 5.75 Å². The molecule has 0 radical (unpaired) electrons. The Morgan fingerprint density at radius 2 is 1.85 bits per heavy atom. The number of halogens is 3. The fourth-order valence-corrected chi connectivity index (χ4v) is 6.88. The van der Waals surface area contributed by atoms with E-state index in [1.54, 1.807) is 17.0 Å². The first-order valence-corrected chi connectivity index (χ1v) is 11.3. The second-order valence-electron chi connectivity index (χ2n) is 5.85. The molecular weight excluding hydrogens is 687 g/mol. The third kappa shape index (κ3) is 5.25. The number of nitrogens with zero attached hydrogens (tertiary/aromatic N) is 1. The average molecular weight is 705 g/mol. The first-order valence-electron chi connectivity index (χ1n) is 8.09. The summed E-state index contributed by atoms with van der Waals surface area (Å²) in [6.07, 6.45) is -1.13. The number of benzene rings is 2. The van der Waals surface area contributed by atoms with Crippen molar-refractivity contribution in [3.05, 3.63) is 52.2 Å². The number of carboxylic acid groups (broad SMARTS) is 1. The molecule has 1 N–H and O–H groups in total. The number of aliphatic carboxylic acids is 1. The molecular formula is C19H18I3NO4. The summed E-state index contributed by atoms with van der Waals surface area (Å²) in [4.78, 5) is 25.6. The molecule has 0 aliphatic rings. The zero-order chi connectivity index (χ0) is 20.3. The quantitative estimate of drug-likeness (QED) is 0.410. The van der Waals surface area contributed by atoms with Crippen LogP contribution in [0.15, 0.2) is 30.3 Å². The number of hydrogen-bond acceptors (Lipinski definition) is 3. The molecule has 27 heavy (non-hydrogen) atoms. The molecule has 1 amide bonds. The van der Waals surface area contributed by atoms with Crippen LogP contribution in [0.2, 0.25) is 0 Å². The van der Waals surface area contributed by atoms with Gasteiger partial charge in [-0.1, -0.05) is 29.8 Å². The molecule has 0 saturated carbocycles. The van der Waals surface area contributed by atoms with E-state index in [1.807, 2.05) is 32.0 Å². The molecule has 0 fully saturated rings. The summed E-state index contributed by atoms with van der Waals surface area (Å²) >= 11 is 6.45. The van der Waals surface area contributed by atoms with Gasteiger partial charge in [0, 0.05) is 22.6 Å². The van der Waals surface area contributed by atoms with Gasteiger partial charge in [0.05, 0.1) is 12.8 Å². The second-order valence-corrected chi connectivity index (χ2v) is 9.25. The Kier molecular flexibility index (Phi) is 8.16. The molecule has 0 bridgehead atoms. The van der Waals surface area contributed by atoms with Crippen LogP contribution in [0.4, 0.5) is 5.69 Å². The van der Waals surface area contributed by atoms with E-state index in [9.17, 15) is 14.7 Å². The minimum absolute atomic E-state index is 0.0750. The maximum absolute atomic E-state index is 12.0. The highest BCUT2D eigenvalue weighted by Gasteiger charge is 2.27. The van der Waals surface area contributed by atoms with Crippen molar-refractivity contribution in [2.24, 2.45) is 0 Å². The van der Waals surface area contributed by atoms with E-state index in [1.165, 1.54) is 6.92 Å². The van der Waals surface area contributed by atoms with Crippen molar-refractivity contribution in [3.63, 3.8) is 0 Å². The van der Waals surface area contributed by atoms with Crippen LogP contribution in [0, 0.1) is 17.6 Å². The maximum atomic E-state index is 12.0. The van der Waals surface area contributed by atoms with Crippen molar-refractivity contribution in [1.82, 2.24) is 0 Å². The van der Waals surface area contributed by atoms with Crippen LogP contribution < -0.4 is 9.64 Å². The zero-order valence-electron chi connectivity index (χ0n) is 14.9. The number of aryl methyl sites for hydroxylation is 1. The summed E-state index contributed by atoms with van der Waals surface area (Å²) in [6, 6.07) is 9.17. The van der Waals surface area contributed by atoms with Crippen molar-refractivity contribution in [1.29, 1.82) is 0 Å². The van der Waals surface area contributed by atoms with Gasteiger partial charge < -0.3 is 14.7 Å². The summed E-state index contributed by atoms with van der Waals surface area (Å²) in [5, 5.41) is 9.73. The van der Waals surface area contributed by atoms with Crippen molar-refractivity contribution < 1.29 is 19.4 Å². The average Bonchev–Trinajstić information content (AvgIpc) is 2.57. The highest BCUT2D eigenvalue weighted by atomic mass is 127. The van der Waals surface area contributed by atoms with Crippen LogP contribution >= 0.6 is 67.8 Å². The number of carbonyl (C=O) groups is 2. The minimum atomic E-state index is -1.13. The van der Waals surface area contributed by atoms with Crippen molar-refractivity contribution in [2.45, 2.75) is 26.9 Å². The summed E-state index contributed by atoms with van der Waals surface area (Å²) in [6.45, 7) is 5.84. The number of carboxylic acids is 1. The molecule has 0 aromatic heterocycles. The van der Waals surface area contributed by atoms with Crippen molar-refractivity contribution >= 4 is 85.3 Å². The highest BCUT2D eigenvalue weighted by Crippen LogP contribution is 2.40. The van der Waals surface area contributed by atoms with Gasteiger partial charge in [-0.25, -0.2) is 4.79 Å². The highest BCUT2D eigenvalue weighted by molar-refractivity contribution is 14.1. The zero-order valence-corrected chi connectivity index (χ0v) is 21.4. The molecule has 1 unspecified atom stereocenters. The van der Waals surface area contributed by atoms with Gasteiger partial charge in [-0.15, -0.1) is 0 Å². The molecule has 1 atom stereocenters. The summed E-state index contributed by atoms with van der Waals surface area (Å²) < 4.78 is 8.42. The maximum Gasteiger partial charge on any atom is 0.349 e. The van der Waals surface area contributed by atoms with Gasteiger partial charge in [-0.05, 0) is 87.7 Å². The first-order chi connectivity index (χ1) is 12.7. The van der Waals surface area contributed by atoms with Gasteiger partial charge in [0.25, 0.3) is 0 Å².